The smallest absolute Gasteiger partial charge is 0.265 e. The molecule has 1 saturated heterocycles. The highest BCUT2D eigenvalue weighted by molar-refractivity contribution is 7.17. The van der Waals surface area contributed by atoms with E-state index in [9.17, 15) is 4.79 Å². The van der Waals surface area contributed by atoms with Gasteiger partial charge in [0.2, 0.25) is 5.88 Å². The van der Waals surface area contributed by atoms with E-state index in [-0.39, 0.29) is 5.91 Å². The van der Waals surface area contributed by atoms with E-state index in [2.05, 4.69) is 42.6 Å². The lowest BCUT2D eigenvalue weighted by atomic mass is 10.1. The molecular formula is C21H30N4O2S. The predicted molar refractivity (Wildman–Crippen MR) is 113 cm³/mol. The van der Waals surface area contributed by atoms with Crippen LogP contribution < -0.4 is 4.74 Å². The lowest BCUT2D eigenvalue weighted by molar-refractivity contribution is 0.0599. The number of aryl methyl sites for hydroxylation is 1. The molecule has 2 aromatic rings. The first-order chi connectivity index (χ1) is 13.3. The van der Waals surface area contributed by atoms with E-state index in [0.29, 0.717) is 22.7 Å². The lowest BCUT2D eigenvalue weighted by Crippen LogP contribution is -2.50. The number of rotatable bonds is 5. The van der Waals surface area contributed by atoms with Crippen LogP contribution in [-0.2, 0) is 0 Å². The Hall–Kier alpha value is -1.99. The van der Waals surface area contributed by atoms with Crippen LogP contribution in [0.15, 0.2) is 12.1 Å². The molecule has 1 fully saturated rings. The quantitative estimate of drug-likeness (QED) is 0.761. The minimum absolute atomic E-state index is 0.0791. The molecule has 0 bridgehead atoms. The first-order valence-corrected chi connectivity index (χ1v) is 10.7. The summed E-state index contributed by atoms with van der Waals surface area (Å²) in [5, 5.41) is 0.779. The Kier molecular flexibility index (Phi) is 6.35. The van der Waals surface area contributed by atoms with Crippen molar-refractivity contribution in [1.82, 2.24) is 19.8 Å². The van der Waals surface area contributed by atoms with Crippen molar-refractivity contribution in [2.45, 2.75) is 46.6 Å². The fourth-order valence-electron chi connectivity index (χ4n) is 3.39. The van der Waals surface area contributed by atoms with Gasteiger partial charge in [-0.15, -0.1) is 11.3 Å². The summed E-state index contributed by atoms with van der Waals surface area (Å²) in [6, 6.07) is 4.52. The molecule has 1 amide bonds. The fraction of sp³-hybridized carbons (Fsp3) is 0.571. The van der Waals surface area contributed by atoms with E-state index in [1.807, 2.05) is 24.0 Å². The molecule has 1 aliphatic heterocycles. The summed E-state index contributed by atoms with van der Waals surface area (Å²) < 4.78 is 5.51. The number of carbonyl (C=O) groups is 1. The molecule has 0 atom stereocenters. The van der Waals surface area contributed by atoms with Crippen molar-refractivity contribution in [2.75, 3.05) is 33.3 Å². The average Bonchev–Trinajstić information content (AvgIpc) is 3.08. The number of nitrogens with zero attached hydrogens (tertiary/aromatic N) is 4. The zero-order chi connectivity index (χ0) is 20.4. The summed E-state index contributed by atoms with van der Waals surface area (Å²) in [7, 11) is 1.62. The van der Waals surface area contributed by atoms with E-state index in [4.69, 9.17) is 4.74 Å². The van der Waals surface area contributed by atoms with Gasteiger partial charge in [0.05, 0.1) is 18.4 Å². The predicted octanol–water partition coefficient (Wildman–Crippen LogP) is 3.81. The number of aromatic nitrogens is 2. The molecule has 0 radical (unpaired) electrons. The maximum atomic E-state index is 13.1. The van der Waals surface area contributed by atoms with Gasteiger partial charge in [-0.1, -0.05) is 13.8 Å². The van der Waals surface area contributed by atoms with Gasteiger partial charge in [-0.05, 0) is 38.8 Å². The van der Waals surface area contributed by atoms with E-state index in [0.717, 1.165) is 48.1 Å². The monoisotopic (exact) mass is 402 g/mol. The lowest BCUT2D eigenvalue weighted by Gasteiger charge is -2.36. The number of ether oxygens (including phenoxy) is 1. The Labute approximate surface area is 171 Å². The van der Waals surface area contributed by atoms with Crippen molar-refractivity contribution in [3.63, 3.8) is 0 Å². The molecule has 0 aromatic carbocycles. The second-order valence-electron chi connectivity index (χ2n) is 7.80. The molecule has 0 spiro atoms. The first kappa shape index (κ1) is 20.7. The summed E-state index contributed by atoms with van der Waals surface area (Å²) in [5.41, 5.74) is 2.59. The van der Waals surface area contributed by atoms with Crippen molar-refractivity contribution in [1.29, 1.82) is 0 Å². The van der Waals surface area contributed by atoms with Gasteiger partial charge in [0.15, 0.2) is 0 Å². The molecule has 7 heteroatoms. The number of amides is 1. The molecule has 0 unspecified atom stereocenters. The van der Waals surface area contributed by atoms with Crippen LogP contribution in [0.25, 0.3) is 10.6 Å². The van der Waals surface area contributed by atoms with Crippen molar-refractivity contribution < 1.29 is 9.53 Å². The van der Waals surface area contributed by atoms with Crippen LogP contribution >= 0.6 is 11.3 Å². The van der Waals surface area contributed by atoms with Gasteiger partial charge in [0.25, 0.3) is 5.91 Å². The zero-order valence-electron chi connectivity index (χ0n) is 17.7. The molecule has 1 aliphatic rings. The van der Waals surface area contributed by atoms with Gasteiger partial charge in [0, 0.05) is 37.9 Å². The van der Waals surface area contributed by atoms with Crippen LogP contribution in [-0.4, -0.2) is 65.0 Å². The topological polar surface area (TPSA) is 58.6 Å². The Morgan fingerprint density at radius 2 is 1.79 bits per heavy atom. The fourth-order valence-corrected chi connectivity index (χ4v) is 4.44. The van der Waals surface area contributed by atoms with Crippen molar-refractivity contribution in [2.24, 2.45) is 0 Å². The van der Waals surface area contributed by atoms with Gasteiger partial charge in [-0.25, -0.2) is 9.97 Å². The molecule has 152 valence electrons. The second-order valence-corrected chi connectivity index (χ2v) is 8.80. The molecule has 0 aliphatic carbocycles. The molecule has 0 N–H and O–H groups in total. The first-order valence-electron chi connectivity index (χ1n) is 9.87. The van der Waals surface area contributed by atoms with E-state index in [1.165, 1.54) is 11.3 Å². The molecule has 6 nitrogen and oxygen atoms in total. The van der Waals surface area contributed by atoms with Crippen LogP contribution in [0.1, 0.15) is 54.7 Å². The normalized spacial score (nSPS) is 15.5. The number of carbonyl (C=O) groups excluding carboxylic acids is 1. The largest absolute Gasteiger partial charge is 0.480 e. The van der Waals surface area contributed by atoms with Crippen molar-refractivity contribution in [3.8, 4) is 16.5 Å². The van der Waals surface area contributed by atoms with Crippen LogP contribution in [0.2, 0.25) is 0 Å². The van der Waals surface area contributed by atoms with Gasteiger partial charge >= 0.3 is 0 Å². The third-order valence-electron chi connectivity index (χ3n) is 5.22. The highest BCUT2D eigenvalue weighted by Crippen LogP contribution is 2.35. The molecule has 3 heterocycles. The summed E-state index contributed by atoms with van der Waals surface area (Å²) in [6.07, 6.45) is 0. The third-order valence-corrected chi connectivity index (χ3v) is 6.40. The van der Waals surface area contributed by atoms with Crippen LogP contribution in [0.4, 0.5) is 0 Å². The standard InChI is InChI=1S/C21H30N4O2S/c1-13(2)17-8-7-16(19(23-17)27-6)20-22-15(5)18(28-20)21(26)25-11-9-24(10-12-25)14(3)4/h7-8,13-14H,9-12H2,1-6H3. The van der Waals surface area contributed by atoms with Gasteiger partial charge in [-0.3, -0.25) is 9.69 Å². The molecular weight excluding hydrogens is 372 g/mol. The van der Waals surface area contributed by atoms with Crippen molar-refractivity contribution >= 4 is 17.2 Å². The van der Waals surface area contributed by atoms with Crippen LogP contribution in [0.5, 0.6) is 5.88 Å². The summed E-state index contributed by atoms with van der Waals surface area (Å²) in [6.45, 7) is 13.9. The van der Waals surface area contributed by atoms with Crippen LogP contribution in [0.3, 0.4) is 0 Å². The number of methoxy groups -OCH3 is 1. The number of pyridine rings is 1. The highest BCUT2D eigenvalue weighted by Gasteiger charge is 2.27. The summed E-state index contributed by atoms with van der Waals surface area (Å²) in [5.74, 6) is 0.961. The number of thiazole rings is 1. The minimum atomic E-state index is 0.0791. The number of hydrogen-bond donors (Lipinski definition) is 0. The van der Waals surface area contributed by atoms with Crippen LogP contribution in [0, 0.1) is 6.92 Å². The highest BCUT2D eigenvalue weighted by atomic mass is 32.1. The average molecular weight is 403 g/mol. The Morgan fingerprint density at radius 1 is 1.11 bits per heavy atom. The molecule has 2 aromatic heterocycles. The van der Waals surface area contributed by atoms with E-state index < -0.39 is 0 Å². The van der Waals surface area contributed by atoms with Crippen molar-refractivity contribution in [3.05, 3.63) is 28.4 Å². The Morgan fingerprint density at radius 3 is 2.36 bits per heavy atom. The van der Waals surface area contributed by atoms with Gasteiger partial charge in [-0.2, -0.15) is 0 Å². The van der Waals surface area contributed by atoms with E-state index in [1.54, 1.807) is 7.11 Å². The summed E-state index contributed by atoms with van der Waals surface area (Å²) >= 11 is 1.43. The second kappa shape index (κ2) is 8.57. The molecule has 3 rings (SSSR count). The third kappa shape index (κ3) is 4.20. The maximum Gasteiger partial charge on any atom is 0.265 e. The Bertz CT molecular complexity index is 839. The number of hydrogen-bond acceptors (Lipinski definition) is 6. The molecule has 0 saturated carbocycles. The molecule has 28 heavy (non-hydrogen) atoms. The zero-order valence-corrected chi connectivity index (χ0v) is 18.5. The van der Waals surface area contributed by atoms with Gasteiger partial charge in [0.1, 0.15) is 9.88 Å². The SMILES string of the molecule is COc1nc(C(C)C)ccc1-c1nc(C)c(C(=O)N2CCN(C(C)C)CC2)s1. The van der Waals surface area contributed by atoms with Gasteiger partial charge < -0.3 is 9.64 Å². The van der Waals surface area contributed by atoms with E-state index >= 15 is 0 Å². The Balaban J connectivity index is 1.83. The maximum absolute atomic E-state index is 13.1. The summed E-state index contributed by atoms with van der Waals surface area (Å²) in [4.78, 5) is 27.4. The minimum Gasteiger partial charge on any atom is -0.480 e. The number of piperazine rings is 1.